The predicted molar refractivity (Wildman–Crippen MR) is 97.2 cm³/mol. The summed E-state index contributed by atoms with van der Waals surface area (Å²) in [7, 11) is 1.71. The second-order valence-corrected chi connectivity index (χ2v) is 6.32. The van der Waals surface area contributed by atoms with Crippen molar-refractivity contribution < 1.29 is 9.47 Å². The van der Waals surface area contributed by atoms with Crippen molar-refractivity contribution in [2.24, 2.45) is 0 Å². The maximum atomic E-state index is 6.35. The molecule has 2 aromatic carbocycles. The van der Waals surface area contributed by atoms with Gasteiger partial charge in [0.1, 0.15) is 5.75 Å². The molecule has 128 valence electrons. The first-order chi connectivity index (χ1) is 11.8. The lowest BCUT2D eigenvalue weighted by Gasteiger charge is -2.41. The topological polar surface area (TPSA) is 21.7 Å². The SMILES string of the molecule is CCN1CCC[C@H](OCc2ccccc2)[C@H]1c1ccc(OC)cc1. The summed E-state index contributed by atoms with van der Waals surface area (Å²) in [5, 5.41) is 0. The van der Waals surface area contributed by atoms with Gasteiger partial charge >= 0.3 is 0 Å². The van der Waals surface area contributed by atoms with E-state index in [4.69, 9.17) is 9.47 Å². The van der Waals surface area contributed by atoms with E-state index in [0.717, 1.165) is 25.3 Å². The Kier molecular flexibility index (Phi) is 5.89. The molecule has 0 radical (unpaired) electrons. The molecule has 0 aliphatic carbocycles. The summed E-state index contributed by atoms with van der Waals surface area (Å²) in [6.45, 7) is 5.09. The first-order valence-corrected chi connectivity index (χ1v) is 8.85. The number of piperidine rings is 1. The molecule has 3 rings (SSSR count). The maximum Gasteiger partial charge on any atom is 0.118 e. The van der Waals surface area contributed by atoms with Crippen molar-refractivity contribution in [2.45, 2.75) is 38.5 Å². The molecule has 0 saturated carbocycles. The highest BCUT2D eigenvalue weighted by Crippen LogP contribution is 2.34. The van der Waals surface area contributed by atoms with Gasteiger partial charge in [-0.25, -0.2) is 0 Å². The molecule has 0 aromatic heterocycles. The largest absolute Gasteiger partial charge is 0.497 e. The molecular formula is C21H27NO2. The highest BCUT2D eigenvalue weighted by Gasteiger charge is 2.32. The molecule has 2 aromatic rings. The van der Waals surface area contributed by atoms with Crippen molar-refractivity contribution >= 4 is 0 Å². The van der Waals surface area contributed by atoms with Gasteiger partial charge in [0.25, 0.3) is 0 Å². The van der Waals surface area contributed by atoms with E-state index in [2.05, 4.69) is 48.2 Å². The Bertz CT molecular complexity index is 611. The van der Waals surface area contributed by atoms with E-state index in [1.807, 2.05) is 18.2 Å². The van der Waals surface area contributed by atoms with Gasteiger partial charge in [0.15, 0.2) is 0 Å². The summed E-state index contributed by atoms with van der Waals surface area (Å²) in [4.78, 5) is 2.53. The zero-order valence-electron chi connectivity index (χ0n) is 14.7. The second kappa shape index (κ2) is 8.32. The molecule has 24 heavy (non-hydrogen) atoms. The first kappa shape index (κ1) is 17.0. The lowest BCUT2D eigenvalue weighted by atomic mass is 9.92. The maximum absolute atomic E-state index is 6.35. The van der Waals surface area contributed by atoms with E-state index in [-0.39, 0.29) is 6.10 Å². The van der Waals surface area contributed by atoms with Crippen molar-refractivity contribution in [2.75, 3.05) is 20.2 Å². The monoisotopic (exact) mass is 325 g/mol. The molecule has 1 aliphatic heterocycles. The summed E-state index contributed by atoms with van der Waals surface area (Å²) in [6, 6.07) is 19.2. The van der Waals surface area contributed by atoms with E-state index in [1.165, 1.54) is 17.5 Å². The fraction of sp³-hybridized carbons (Fsp3) is 0.429. The van der Waals surface area contributed by atoms with Gasteiger partial charge in [-0.05, 0) is 49.2 Å². The summed E-state index contributed by atoms with van der Waals surface area (Å²) in [5.41, 5.74) is 2.55. The Balaban J connectivity index is 1.76. The first-order valence-electron chi connectivity index (χ1n) is 8.85. The van der Waals surface area contributed by atoms with Gasteiger partial charge in [-0.3, -0.25) is 4.90 Å². The summed E-state index contributed by atoms with van der Waals surface area (Å²) < 4.78 is 11.6. The zero-order chi connectivity index (χ0) is 16.8. The molecule has 0 spiro atoms. The summed E-state index contributed by atoms with van der Waals surface area (Å²) >= 11 is 0. The summed E-state index contributed by atoms with van der Waals surface area (Å²) in [5.74, 6) is 0.902. The molecule has 3 nitrogen and oxygen atoms in total. The predicted octanol–water partition coefficient (Wildman–Crippen LogP) is 4.44. The quantitative estimate of drug-likeness (QED) is 0.784. The molecule has 0 bridgehead atoms. The van der Waals surface area contributed by atoms with Gasteiger partial charge in [-0.1, -0.05) is 49.4 Å². The van der Waals surface area contributed by atoms with Crippen LogP contribution in [-0.2, 0) is 11.3 Å². The third-order valence-corrected chi connectivity index (χ3v) is 4.85. The van der Waals surface area contributed by atoms with Crippen LogP contribution >= 0.6 is 0 Å². The van der Waals surface area contributed by atoms with Crippen LogP contribution in [0.2, 0.25) is 0 Å². The highest BCUT2D eigenvalue weighted by molar-refractivity contribution is 5.30. The lowest BCUT2D eigenvalue weighted by molar-refractivity contribution is -0.0509. The molecule has 1 fully saturated rings. The number of methoxy groups -OCH3 is 1. The Morgan fingerprint density at radius 2 is 1.79 bits per heavy atom. The van der Waals surface area contributed by atoms with Crippen LogP contribution in [0.3, 0.4) is 0 Å². The van der Waals surface area contributed by atoms with Crippen molar-refractivity contribution in [1.29, 1.82) is 0 Å². The standard InChI is InChI=1S/C21H27NO2/c1-3-22-15-7-10-20(24-16-17-8-5-4-6-9-17)21(22)18-11-13-19(23-2)14-12-18/h4-6,8-9,11-14,20-21H,3,7,10,15-16H2,1-2H3/t20-,21+/m0/s1. The molecule has 1 aliphatic rings. The van der Waals surface area contributed by atoms with Crippen molar-refractivity contribution in [3.8, 4) is 5.75 Å². The number of likely N-dealkylation sites (tertiary alicyclic amines) is 1. The minimum absolute atomic E-state index is 0.229. The Morgan fingerprint density at radius 1 is 1.04 bits per heavy atom. The van der Waals surface area contributed by atoms with Crippen LogP contribution in [0.5, 0.6) is 5.75 Å². The van der Waals surface area contributed by atoms with Crippen LogP contribution < -0.4 is 4.74 Å². The Labute approximate surface area is 145 Å². The summed E-state index contributed by atoms with van der Waals surface area (Å²) in [6.07, 6.45) is 2.53. The van der Waals surface area contributed by atoms with Gasteiger partial charge in [0.05, 0.1) is 25.9 Å². The zero-order valence-corrected chi connectivity index (χ0v) is 14.7. The number of benzene rings is 2. The fourth-order valence-corrected chi connectivity index (χ4v) is 3.56. The van der Waals surface area contributed by atoms with Crippen molar-refractivity contribution in [3.63, 3.8) is 0 Å². The molecule has 2 atom stereocenters. The van der Waals surface area contributed by atoms with Gasteiger partial charge in [0, 0.05) is 0 Å². The number of hydrogen-bond acceptors (Lipinski definition) is 3. The second-order valence-electron chi connectivity index (χ2n) is 6.32. The number of hydrogen-bond donors (Lipinski definition) is 0. The normalized spacial score (nSPS) is 21.6. The number of nitrogens with zero attached hydrogens (tertiary/aromatic N) is 1. The average Bonchev–Trinajstić information content (AvgIpc) is 2.67. The van der Waals surface area contributed by atoms with Crippen LogP contribution in [0.1, 0.15) is 36.9 Å². The molecule has 0 unspecified atom stereocenters. The fourth-order valence-electron chi connectivity index (χ4n) is 3.56. The minimum atomic E-state index is 0.229. The molecular weight excluding hydrogens is 298 g/mol. The van der Waals surface area contributed by atoms with Crippen LogP contribution in [0.15, 0.2) is 54.6 Å². The Hall–Kier alpha value is -1.84. The van der Waals surface area contributed by atoms with E-state index < -0.39 is 0 Å². The molecule has 0 amide bonds. The molecule has 0 N–H and O–H groups in total. The lowest BCUT2D eigenvalue weighted by Crippen LogP contribution is -2.42. The van der Waals surface area contributed by atoms with E-state index >= 15 is 0 Å². The van der Waals surface area contributed by atoms with E-state index in [0.29, 0.717) is 12.6 Å². The van der Waals surface area contributed by atoms with Crippen molar-refractivity contribution in [1.82, 2.24) is 4.90 Å². The minimum Gasteiger partial charge on any atom is -0.497 e. The van der Waals surface area contributed by atoms with Gasteiger partial charge < -0.3 is 9.47 Å². The van der Waals surface area contributed by atoms with Crippen LogP contribution in [0.25, 0.3) is 0 Å². The molecule has 1 saturated heterocycles. The molecule has 3 heteroatoms. The number of rotatable bonds is 6. The number of ether oxygens (including phenoxy) is 2. The van der Waals surface area contributed by atoms with E-state index in [9.17, 15) is 0 Å². The smallest absolute Gasteiger partial charge is 0.118 e. The van der Waals surface area contributed by atoms with Crippen molar-refractivity contribution in [3.05, 3.63) is 65.7 Å². The van der Waals surface area contributed by atoms with Gasteiger partial charge in [0.2, 0.25) is 0 Å². The van der Waals surface area contributed by atoms with Gasteiger partial charge in [-0.15, -0.1) is 0 Å². The van der Waals surface area contributed by atoms with E-state index in [1.54, 1.807) is 7.11 Å². The Morgan fingerprint density at radius 3 is 2.46 bits per heavy atom. The van der Waals surface area contributed by atoms with Crippen LogP contribution in [-0.4, -0.2) is 31.2 Å². The van der Waals surface area contributed by atoms with Crippen LogP contribution in [0.4, 0.5) is 0 Å². The third-order valence-electron chi connectivity index (χ3n) is 4.85. The average molecular weight is 325 g/mol. The van der Waals surface area contributed by atoms with Gasteiger partial charge in [-0.2, -0.15) is 0 Å². The highest BCUT2D eigenvalue weighted by atomic mass is 16.5. The third kappa shape index (κ3) is 3.97. The van der Waals surface area contributed by atoms with Crippen LogP contribution in [0, 0.1) is 0 Å². The molecule has 1 heterocycles. The number of likely N-dealkylation sites (N-methyl/N-ethyl adjacent to an activating group) is 1.